The molecule has 0 amide bonds. The molecule has 0 bridgehead atoms. The SMILES string of the molecule is Cc1cccc(S(=O)(=O)N2C[C@H](CCCO)Oc3ccc(-c4ccc(F)cc4F)cc32)c1. The molecule has 0 aromatic heterocycles. The number of sulfonamides is 1. The first-order chi connectivity index (χ1) is 15.3. The van der Waals surface area contributed by atoms with Crippen LogP contribution in [0.5, 0.6) is 5.75 Å². The van der Waals surface area contributed by atoms with Crippen LogP contribution in [0.2, 0.25) is 0 Å². The number of fused-ring (bicyclic) bond motifs is 1. The molecule has 3 aromatic rings. The van der Waals surface area contributed by atoms with Gasteiger partial charge in [-0.2, -0.15) is 0 Å². The van der Waals surface area contributed by atoms with Gasteiger partial charge in [-0.05, 0) is 67.3 Å². The Kier molecular flexibility index (Phi) is 6.17. The molecule has 1 aliphatic rings. The molecule has 0 unspecified atom stereocenters. The monoisotopic (exact) mass is 459 g/mol. The molecule has 0 fully saturated rings. The van der Waals surface area contributed by atoms with E-state index in [0.717, 1.165) is 17.7 Å². The maximum atomic E-state index is 14.4. The molecule has 4 rings (SSSR count). The predicted octanol–water partition coefficient (Wildman–Crippen LogP) is 4.67. The zero-order valence-corrected chi connectivity index (χ0v) is 18.3. The topological polar surface area (TPSA) is 66.8 Å². The minimum atomic E-state index is -3.93. The zero-order chi connectivity index (χ0) is 22.9. The lowest BCUT2D eigenvalue weighted by atomic mass is 10.0. The second-order valence-electron chi connectivity index (χ2n) is 7.77. The van der Waals surface area contributed by atoms with Crippen LogP contribution in [-0.4, -0.2) is 32.8 Å². The van der Waals surface area contributed by atoms with E-state index in [1.165, 1.54) is 16.4 Å². The van der Waals surface area contributed by atoms with Crippen molar-refractivity contribution in [2.75, 3.05) is 17.5 Å². The standard InChI is InChI=1S/C24H23F2NO4S/c1-16-4-2-6-20(12-16)32(29,30)27-15-19(5-3-11-28)31-24-10-7-17(13-23(24)27)21-9-8-18(25)14-22(21)26/h2,4,6-10,12-14,19,28H,3,5,11,15H2,1H3/t19-/m0/s1. The maximum absolute atomic E-state index is 14.4. The molecule has 0 saturated heterocycles. The zero-order valence-electron chi connectivity index (χ0n) is 17.5. The van der Waals surface area contributed by atoms with Gasteiger partial charge in [-0.15, -0.1) is 0 Å². The summed E-state index contributed by atoms with van der Waals surface area (Å²) in [5.41, 5.74) is 1.65. The fourth-order valence-electron chi connectivity index (χ4n) is 3.80. The lowest BCUT2D eigenvalue weighted by molar-refractivity contribution is 0.172. The molecule has 168 valence electrons. The number of halogens is 2. The molecule has 1 aliphatic heterocycles. The lowest BCUT2D eigenvalue weighted by Crippen LogP contribution is -2.43. The van der Waals surface area contributed by atoms with Crippen molar-refractivity contribution < 1.29 is 27.0 Å². The average Bonchev–Trinajstić information content (AvgIpc) is 2.77. The van der Waals surface area contributed by atoms with E-state index in [0.29, 0.717) is 24.2 Å². The van der Waals surface area contributed by atoms with Crippen molar-refractivity contribution in [2.45, 2.75) is 30.8 Å². The van der Waals surface area contributed by atoms with E-state index in [2.05, 4.69) is 0 Å². The third-order valence-corrected chi connectivity index (χ3v) is 7.17. The summed E-state index contributed by atoms with van der Waals surface area (Å²) in [4.78, 5) is 0.143. The smallest absolute Gasteiger partial charge is 0.264 e. The lowest BCUT2D eigenvalue weighted by Gasteiger charge is -2.36. The van der Waals surface area contributed by atoms with Gasteiger partial charge in [0.1, 0.15) is 23.5 Å². The summed E-state index contributed by atoms with van der Waals surface area (Å²) in [5.74, 6) is -1.08. The quantitative estimate of drug-likeness (QED) is 0.582. The van der Waals surface area contributed by atoms with Gasteiger partial charge in [-0.3, -0.25) is 4.31 Å². The van der Waals surface area contributed by atoms with Crippen molar-refractivity contribution in [3.8, 4) is 16.9 Å². The van der Waals surface area contributed by atoms with Gasteiger partial charge in [0.2, 0.25) is 0 Å². The van der Waals surface area contributed by atoms with Crippen LogP contribution in [0, 0.1) is 18.6 Å². The maximum Gasteiger partial charge on any atom is 0.264 e. The van der Waals surface area contributed by atoms with E-state index in [-0.39, 0.29) is 29.3 Å². The molecule has 1 heterocycles. The van der Waals surface area contributed by atoms with E-state index >= 15 is 0 Å². The van der Waals surface area contributed by atoms with Gasteiger partial charge in [-0.1, -0.05) is 18.2 Å². The van der Waals surface area contributed by atoms with Gasteiger partial charge in [-0.25, -0.2) is 17.2 Å². The number of aryl methyl sites for hydroxylation is 1. The van der Waals surface area contributed by atoms with E-state index in [1.54, 1.807) is 30.3 Å². The Morgan fingerprint density at radius 3 is 2.62 bits per heavy atom. The third kappa shape index (κ3) is 4.33. The molecule has 3 aromatic carbocycles. The highest BCUT2D eigenvalue weighted by Crippen LogP contribution is 2.41. The van der Waals surface area contributed by atoms with Gasteiger partial charge in [0, 0.05) is 18.2 Å². The number of aliphatic hydroxyl groups is 1. The number of rotatable bonds is 6. The van der Waals surface area contributed by atoms with Crippen molar-refractivity contribution in [1.82, 2.24) is 0 Å². The van der Waals surface area contributed by atoms with E-state index in [4.69, 9.17) is 4.74 Å². The summed E-state index contributed by atoms with van der Waals surface area (Å²) >= 11 is 0. The minimum absolute atomic E-state index is 0.0277. The van der Waals surface area contributed by atoms with Gasteiger partial charge >= 0.3 is 0 Å². The summed E-state index contributed by atoms with van der Waals surface area (Å²) in [6, 6.07) is 14.6. The third-order valence-electron chi connectivity index (χ3n) is 5.39. The minimum Gasteiger partial charge on any atom is -0.486 e. The molecule has 0 radical (unpaired) electrons. The van der Waals surface area contributed by atoms with Crippen LogP contribution in [-0.2, 0) is 10.0 Å². The van der Waals surface area contributed by atoms with E-state index < -0.39 is 27.8 Å². The van der Waals surface area contributed by atoms with Gasteiger partial charge in [0.25, 0.3) is 10.0 Å². The number of hydrogen-bond donors (Lipinski definition) is 1. The summed E-state index contributed by atoms with van der Waals surface area (Å²) < 4.78 is 62.2. The molecule has 0 aliphatic carbocycles. The Labute approximate surface area is 185 Å². The first kappa shape index (κ1) is 22.2. The number of nitrogens with zero attached hydrogens (tertiary/aromatic N) is 1. The Morgan fingerprint density at radius 1 is 1.09 bits per heavy atom. The predicted molar refractivity (Wildman–Crippen MR) is 118 cm³/mol. The van der Waals surface area contributed by atoms with Crippen LogP contribution in [0.25, 0.3) is 11.1 Å². The average molecular weight is 460 g/mol. The van der Waals surface area contributed by atoms with Crippen LogP contribution in [0.1, 0.15) is 18.4 Å². The number of hydrogen-bond acceptors (Lipinski definition) is 4. The molecular formula is C24H23F2NO4S. The highest BCUT2D eigenvalue weighted by atomic mass is 32.2. The van der Waals surface area contributed by atoms with Crippen LogP contribution >= 0.6 is 0 Å². The van der Waals surface area contributed by atoms with Crippen molar-refractivity contribution >= 4 is 15.7 Å². The molecule has 5 nitrogen and oxygen atoms in total. The molecule has 0 spiro atoms. The van der Waals surface area contributed by atoms with Gasteiger partial charge < -0.3 is 9.84 Å². The summed E-state index contributed by atoms with van der Waals surface area (Å²) in [5, 5.41) is 9.18. The Balaban J connectivity index is 1.82. The first-order valence-corrected chi connectivity index (χ1v) is 11.7. The van der Waals surface area contributed by atoms with Crippen LogP contribution in [0.15, 0.2) is 65.6 Å². The van der Waals surface area contributed by atoms with Gasteiger partial charge in [0.05, 0.1) is 17.1 Å². The Hall–Kier alpha value is -2.97. The number of ether oxygens (including phenoxy) is 1. The second-order valence-corrected chi connectivity index (χ2v) is 9.63. The van der Waals surface area contributed by atoms with E-state index in [9.17, 15) is 22.3 Å². The fraction of sp³-hybridized carbons (Fsp3) is 0.250. The summed E-state index contributed by atoms with van der Waals surface area (Å²) in [7, 11) is -3.93. The van der Waals surface area contributed by atoms with Crippen molar-refractivity contribution in [2.24, 2.45) is 0 Å². The number of benzene rings is 3. The highest BCUT2D eigenvalue weighted by Gasteiger charge is 2.34. The molecule has 1 atom stereocenters. The Morgan fingerprint density at radius 2 is 1.91 bits per heavy atom. The number of aliphatic hydroxyl groups excluding tert-OH is 1. The Bertz CT molecular complexity index is 1250. The van der Waals surface area contributed by atoms with Crippen molar-refractivity contribution in [1.29, 1.82) is 0 Å². The normalized spacial score (nSPS) is 15.9. The molecule has 1 N–H and O–H groups in total. The summed E-state index contributed by atoms with van der Waals surface area (Å²) in [6.07, 6.45) is 0.504. The van der Waals surface area contributed by atoms with Crippen LogP contribution in [0.3, 0.4) is 0 Å². The molecule has 8 heteroatoms. The molecular weight excluding hydrogens is 436 g/mol. The van der Waals surface area contributed by atoms with Crippen LogP contribution < -0.4 is 9.04 Å². The highest BCUT2D eigenvalue weighted by molar-refractivity contribution is 7.92. The largest absolute Gasteiger partial charge is 0.486 e. The van der Waals surface area contributed by atoms with E-state index in [1.807, 2.05) is 13.0 Å². The number of anilines is 1. The fourth-order valence-corrected chi connectivity index (χ4v) is 5.41. The summed E-state index contributed by atoms with van der Waals surface area (Å²) in [6.45, 7) is 1.84. The van der Waals surface area contributed by atoms with Crippen molar-refractivity contribution in [3.05, 3.63) is 77.9 Å². The van der Waals surface area contributed by atoms with Crippen molar-refractivity contribution in [3.63, 3.8) is 0 Å². The molecule has 32 heavy (non-hydrogen) atoms. The second kappa shape index (κ2) is 8.88. The van der Waals surface area contributed by atoms with Gasteiger partial charge in [0.15, 0.2) is 0 Å². The molecule has 0 saturated carbocycles. The first-order valence-electron chi connectivity index (χ1n) is 10.3. The van der Waals surface area contributed by atoms with Crippen LogP contribution in [0.4, 0.5) is 14.5 Å².